The Morgan fingerprint density at radius 3 is 2.59 bits per heavy atom. The molecule has 0 aliphatic rings. The minimum absolute atomic E-state index is 0.308. The summed E-state index contributed by atoms with van der Waals surface area (Å²) in [5.41, 5.74) is 13.0. The quantitative estimate of drug-likeness (QED) is 0.839. The van der Waals surface area contributed by atoms with Gasteiger partial charge in [0.15, 0.2) is 0 Å². The molecule has 0 radical (unpaired) electrons. The summed E-state index contributed by atoms with van der Waals surface area (Å²) >= 11 is 0. The number of anilines is 2. The van der Waals surface area contributed by atoms with Crippen molar-refractivity contribution >= 4 is 11.5 Å². The van der Waals surface area contributed by atoms with Crippen molar-refractivity contribution in [2.45, 2.75) is 6.42 Å². The van der Waals surface area contributed by atoms with E-state index in [0.717, 1.165) is 6.42 Å². The van der Waals surface area contributed by atoms with Gasteiger partial charge in [-0.15, -0.1) is 0 Å². The van der Waals surface area contributed by atoms with E-state index in [1.165, 1.54) is 5.56 Å². The van der Waals surface area contributed by atoms with Crippen molar-refractivity contribution in [2.24, 2.45) is 0 Å². The van der Waals surface area contributed by atoms with Crippen LogP contribution in [0, 0.1) is 0 Å². The third kappa shape index (κ3) is 2.87. The first-order chi connectivity index (χ1) is 8.27. The summed E-state index contributed by atoms with van der Waals surface area (Å²) in [4.78, 5) is 3.88. The summed E-state index contributed by atoms with van der Waals surface area (Å²) in [5, 5.41) is 0. The molecule has 0 bridgehead atoms. The number of nitrogens with zero attached hydrogens (tertiary/aromatic N) is 1. The van der Waals surface area contributed by atoms with Crippen LogP contribution < -0.4 is 16.2 Å². The van der Waals surface area contributed by atoms with Crippen LogP contribution in [0.5, 0.6) is 5.75 Å². The van der Waals surface area contributed by atoms with Gasteiger partial charge in [0.2, 0.25) is 0 Å². The van der Waals surface area contributed by atoms with Gasteiger partial charge >= 0.3 is 0 Å². The molecule has 0 aliphatic carbocycles. The number of pyridine rings is 1. The van der Waals surface area contributed by atoms with Gasteiger partial charge in [-0.25, -0.2) is 4.98 Å². The monoisotopic (exact) mass is 229 g/mol. The Morgan fingerprint density at radius 1 is 1.06 bits per heavy atom. The lowest BCUT2D eigenvalue weighted by molar-refractivity contribution is 0.323. The zero-order valence-electron chi connectivity index (χ0n) is 9.47. The van der Waals surface area contributed by atoms with Gasteiger partial charge < -0.3 is 16.2 Å². The largest absolute Gasteiger partial charge is 0.491 e. The van der Waals surface area contributed by atoms with Crippen LogP contribution in [0.3, 0.4) is 0 Å². The molecule has 1 heterocycles. The Balaban J connectivity index is 1.93. The second kappa shape index (κ2) is 5.21. The van der Waals surface area contributed by atoms with Gasteiger partial charge in [-0.1, -0.05) is 30.3 Å². The molecule has 88 valence electrons. The highest BCUT2D eigenvalue weighted by Crippen LogP contribution is 2.24. The van der Waals surface area contributed by atoms with Crippen LogP contribution in [0.4, 0.5) is 11.5 Å². The van der Waals surface area contributed by atoms with E-state index in [2.05, 4.69) is 17.1 Å². The van der Waals surface area contributed by atoms with Gasteiger partial charge in [0.25, 0.3) is 0 Å². The molecule has 1 aromatic carbocycles. The van der Waals surface area contributed by atoms with Gasteiger partial charge in [0.05, 0.1) is 6.61 Å². The smallest absolute Gasteiger partial charge is 0.150 e. The van der Waals surface area contributed by atoms with Gasteiger partial charge in [-0.3, -0.25) is 0 Å². The maximum atomic E-state index is 5.75. The summed E-state index contributed by atoms with van der Waals surface area (Å²) in [5.74, 6) is 0.899. The highest BCUT2D eigenvalue weighted by atomic mass is 16.5. The first-order valence-corrected chi connectivity index (χ1v) is 5.44. The first kappa shape index (κ1) is 11.3. The van der Waals surface area contributed by atoms with E-state index in [4.69, 9.17) is 16.2 Å². The third-order valence-electron chi connectivity index (χ3n) is 2.47. The van der Waals surface area contributed by atoms with E-state index >= 15 is 0 Å². The average Bonchev–Trinajstić information content (AvgIpc) is 2.36. The molecule has 0 amide bonds. The maximum Gasteiger partial charge on any atom is 0.150 e. The van der Waals surface area contributed by atoms with Crippen molar-refractivity contribution in [3.8, 4) is 5.75 Å². The van der Waals surface area contributed by atoms with Crippen LogP contribution in [0.25, 0.3) is 0 Å². The molecule has 0 unspecified atom stereocenters. The van der Waals surface area contributed by atoms with E-state index < -0.39 is 0 Å². The number of rotatable bonds is 4. The van der Waals surface area contributed by atoms with Crippen molar-refractivity contribution in [1.82, 2.24) is 4.98 Å². The van der Waals surface area contributed by atoms with E-state index in [1.807, 2.05) is 18.2 Å². The van der Waals surface area contributed by atoms with E-state index in [1.54, 1.807) is 12.3 Å². The summed E-state index contributed by atoms with van der Waals surface area (Å²) in [6.45, 7) is 0.567. The molecular formula is C13H15N3O. The van der Waals surface area contributed by atoms with Gasteiger partial charge in [-0.2, -0.15) is 0 Å². The van der Waals surface area contributed by atoms with Gasteiger partial charge in [-0.05, 0) is 5.56 Å². The molecule has 4 nitrogen and oxygen atoms in total. The third-order valence-corrected chi connectivity index (χ3v) is 2.47. The molecule has 0 saturated heterocycles. The second-order valence-electron chi connectivity index (χ2n) is 3.69. The number of hydrogen-bond acceptors (Lipinski definition) is 4. The fourth-order valence-electron chi connectivity index (χ4n) is 1.52. The van der Waals surface area contributed by atoms with Crippen LogP contribution in [0.1, 0.15) is 5.56 Å². The van der Waals surface area contributed by atoms with E-state index in [9.17, 15) is 0 Å². The molecular weight excluding hydrogens is 214 g/mol. The van der Waals surface area contributed by atoms with Crippen LogP contribution >= 0.6 is 0 Å². The predicted octanol–water partition coefficient (Wildman–Crippen LogP) is 1.87. The molecule has 4 heteroatoms. The molecule has 2 aromatic rings. The number of benzene rings is 1. The molecule has 4 N–H and O–H groups in total. The standard InChI is InChI=1S/C13H15N3O/c14-12-11(6-8-16-13(12)15)17-9-7-10-4-2-1-3-5-10/h1-6,8H,7,9,14H2,(H2,15,16). The SMILES string of the molecule is Nc1nccc(OCCc2ccccc2)c1N. The zero-order chi connectivity index (χ0) is 12.1. The van der Waals surface area contributed by atoms with Crippen molar-refractivity contribution in [1.29, 1.82) is 0 Å². The Hall–Kier alpha value is -2.23. The molecule has 0 fully saturated rings. The van der Waals surface area contributed by atoms with E-state index in [0.29, 0.717) is 23.9 Å². The number of nitrogen functional groups attached to an aromatic ring is 2. The maximum absolute atomic E-state index is 5.75. The van der Waals surface area contributed by atoms with Crippen LogP contribution in [-0.2, 0) is 6.42 Å². The fraction of sp³-hybridized carbons (Fsp3) is 0.154. The first-order valence-electron chi connectivity index (χ1n) is 5.44. The highest BCUT2D eigenvalue weighted by Gasteiger charge is 2.03. The summed E-state index contributed by atoms with van der Waals surface area (Å²) < 4.78 is 5.58. The fourth-order valence-corrected chi connectivity index (χ4v) is 1.52. The summed E-state index contributed by atoms with van der Waals surface area (Å²) in [7, 11) is 0. The number of hydrogen-bond donors (Lipinski definition) is 2. The molecule has 17 heavy (non-hydrogen) atoms. The minimum Gasteiger partial charge on any atom is -0.491 e. The van der Waals surface area contributed by atoms with Crippen LogP contribution in [0.2, 0.25) is 0 Å². The summed E-state index contributed by atoms with van der Waals surface area (Å²) in [6, 6.07) is 11.9. The van der Waals surface area contributed by atoms with Crippen molar-refractivity contribution in [2.75, 3.05) is 18.1 Å². The average molecular weight is 229 g/mol. The molecule has 0 aliphatic heterocycles. The predicted molar refractivity (Wildman–Crippen MR) is 68.7 cm³/mol. The summed E-state index contributed by atoms with van der Waals surface area (Å²) in [6.07, 6.45) is 2.42. The molecule has 0 atom stereocenters. The highest BCUT2D eigenvalue weighted by molar-refractivity contribution is 5.66. The Bertz CT molecular complexity index is 485. The lowest BCUT2D eigenvalue weighted by Crippen LogP contribution is -2.05. The van der Waals surface area contributed by atoms with Crippen molar-refractivity contribution in [3.63, 3.8) is 0 Å². The number of nitrogens with two attached hydrogens (primary N) is 2. The van der Waals surface area contributed by atoms with Gasteiger partial charge in [0, 0.05) is 18.7 Å². The minimum atomic E-state index is 0.308. The topological polar surface area (TPSA) is 74.2 Å². The Morgan fingerprint density at radius 2 is 1.82 bits per heavy atom. The Kier molecular flexibility index (Phi) is 3.45. The molecule has 1 aromatic heterocycles. The van der Waals surface area contributed by atoms with Crippen LogP contribution in [0.15, 0.2) is 42.6 Å². The van der Waals surface area contributed by atoms with Gasteiger partial charge in [0.1, 0.15) is 17.3 Å². The van der Waals surface area contributed by atoms with Crippen LogP contribution in [-0.4, -0.2) is 11.6 Å². The lowest BCUT2D eigenvalue weighted by Gasteiger charge is -2.09. The molecule has 0 saturated carbocycles. The number of ether oxygens (including phenoxy) is 1. The van der Waals surface area contributed by atoms with Crippen molar-refractivity contribution < 1.29 is 4.74 Å². The van der Waals surface area contributed by atoms with Crippen molar-refractivity contribution in [3.05, 3.63) is 48.2 Å². The molecule has 2 rings (SSSR count). The lowest BCUT2D eigenvalue weighted by atomic mass is 10.2. The normalized spacial score (nSPS) is 10.1. The zero-order valence-corrected chi connectivity index (χ0v) is 9.47. The number of aromatic nitrogens is 1. The Labute approximate surface area is 100 Å². The van der Waals surface area contributed by atoms with E-state index in [-0.39, 0.29) is 0 Å². The second-order valence-corrected chi connectivity index (χ2v) is 3.69. The molecule has 0 spiro atoms.